The molecule has 1 saturated heterocycles. The Morgan fingerprint density at radius 2 is 1.79 bits per heavy atom. The lowest BCUT2D eigenvalue weighted by molar-refractivity contribution is 0.0945. The Morgan fingerprint density at radius 3 is 2.54 bits per heavy atom. The number of amides is 1. The van der Waals surface area contributed by atoms with Gasteiger partial charge in [-0.1, -0.05) is 44.4 Å². The normalized spacial score (nSPS) is 15.0. The first-order valence-electron chi connectivity index (χ1n) is 10.7. The van der Waals surface area contributed by atoms with Gasteiger partial charge >= 0.3 is 0 Å². The Morgan fingerprint density at radius 1 is 1.04 bits per heavy atom. The van der Waals surface area contributed by atoms with E-state index in [4.69, 9.17) is 0 Å². The molecule has 28 heavy (non-hydrogen) atoms. The molecule has 1 aliphatic heterocycles. The van der Waals surface area contributed by atoms with Crippen molar-refractivity contribution in [3.8, 4) is 0 Å². The highest BCUT2D eigenvalue weighted by molar-refractivity contribution is 6.04. The summed E-state index contributed by atoms with van der Waals surface area (Å²) in [7, 11) is 0. The van der Waals surface area contributed by atoms with Crippen molar-refractivity contribution in [2.24, 2.45) is 0 Å². The molecule has 1 amide bonds. The van der Waals surface area contributed by atoms with Crippen LogP contribution >= 0.6 is 0 Å². The standard InChI is InChI=1S/C22H32N4O2/c1-2-3-7-17-26-22(28)19-12-6-5-11-18(19)20(24-26)21(27)23-13-10-16-25-14-8-4-9-15-25/h5-6,11-12H,2-4,7-10,13-17H2,1H3,(H,23,27). The van der Waals surface area contributed by atoms with Gasteiger partial charge in [-0.25, -0.2) is 4.68 Å². The molecule has 0 saturated carbocycles. The number of carbonyl (C=O) groups is 1. The zero-order chi connectivity index (χ0) is 19.8. The minimum Gasteiger partial charge on any atom is -0.351 e. The summed E-state index contributed by atoms with van der Waals surface area (Å²) in [4.78, 5) is 28.0. The highest BCUT2D eigenvalue weighted by Crippen LogP contribution is 2.14. The molecule has 3 rings (SSSR count). The summed E-state index contributed by atoms with van der Waals surface area (Å²) in [6, 6.07) is 7.27. The monoisotopic (exact) mass is 384 g/mol. The molecule has 1 aliphatic rings. The number of piperidine rings is 1. The number of carbonyl (C=O) groups excluding carboxylic acids is 1. The second-order valence-corrected chi connectivity index (χ2v) is 7.64. The number of unbranched alkanes of at least 4 members (excludes halogenated alkanes) is 2. The molecule has 0 aliphatic carbocycles. The molecule has 0 atom stereocenters. The molecule has 152 valence electrons. The average Bonchev–Trinajstić information content (AvgIpc) is 2.73. The number of hydrogen-bond donors (Lipinski definition) is 1. The van der Waals surface area contributed by atoms with Gasteiger partial charge in [-0.3, -0.25) is 9.59 Å². The van der Waals surface area contributed by atoms with E-state index in [0.717, 1.165) is 32.2 Å². The van der Waals surface area contributed by atoms with Crippen molar-refractivity contribution in [2.75, 3.05) is 26.2 Å². The summed E-state index contributed by atoms with van der Waals surface area (Å²) in [5.41, 5.74) is 0.234. The number of benzene rings is 1. The summed E-state index contributed by atoms with van der Waals surface area (Å²) in [6.45, 7) is 6.66. The summed E-state index contributed by atoms with van der Waals surface area (Å²) in [6.07, 6.45) is 7.83. The highest BCUT2D eigenvalue weighted by atomic mass is 16.2. The Bertz CT molecular complexity index is 840. The first-order chi connectivity index (χ1) is 13.7. The molecule has 1 N–H and O–H groups in total. The first-order valence-corrected chi connectivity index (χ1v) is 10.7. The van der Waals surface area contributed by atoms with Gasteiger partial charge < -0.3 is 10.2 Å². The fourth-order valence-electron chi connectivity index (χ4n) is 3.84. The molecule has 6 heteroatoms. The maximum atomic E-state index is 12.8. The number of rotatable bonds is 9. The van der Waals surface area contributed by atoms with Crippen LogP contribution in [0.25, 0.3) is 10.8 Å². The third-order valence-corrected chi connectivity index (χ3v) is 5.44. The fourth-order valence-corrected chi connectivity index (χ4v) is 3.84. The lowest BCUT2D eigenvalue weighted by atomic mass is 10.1. The summed E-state index contributed by atoms with van der Waals surface area (Å²) in [5.74, 6) is -0.195. The summed E-state index contributed by atoms with van der Waals surface area (Å²) in [5, 5.41) is 8.62. The van der Waals surface area contributed by atoms with Crippen molar-refractivity contribution in [1.29, 1.82) is 0 Å². The third-order valence-electron chi connectivity index (χ3n) is 5.44. The van der Waals surface area contributed by atoms with Gasteiger partial charge in [0, 0.05) is 18.5 Å². The van der Waals surface area contributed by atoms with Gasteiger partial charge in [-0.15, -0.1) is 0 Å². The van der Waals surface area contributed by atoms with E-state index in [1.54, 1.807) is 6.07 Å². The lowest BCUT2D eigenvalue weighted by Gasteiger charge is -2.26. The molecule has 0 unspecified atom stereocenters. The van der Waals surface area contributed by atoms with Crippen LogP contribution in [0.15, 0.2) is 29.1 Å². The van der Waals surface area contributed by atoms with Gasteiger partial charge in [0.05, 0.1) is 5.39 Å². The van der Waals surface area contributed by atoms with Crippen molar-refractivity contribution in [2.45, 2.75) is 58.4 Å². The van der Waals surface area contributed by atoms with Crippen molar-refractivity contribution >= 4 is 16.7 Å². The van der Waals surface area contributed by atoms with E-state index >= 15 is 0 Å². The molecule has 0 bridgehead atoms. The Labute approximate surface area is 166 Å². The van der Waals surface area contributed by atoms with Crippen LogP contribution < -0.4 is 10.9 Å². The second-order valence-electron chi connectivity index (χ2n) is 7.64. The highest BCUT2D eigenvalue weighted by Gasteiger charge is 2.16. The van der Waals surface area contributed by atoms with E-state index in [0.29, 0.717) is 29.6 Å². The van der Waals surface area contributed by atoms with E-state index in [-0.39, 0.29) is 11.5 Å². The molecular weight excluding hydrogens is 352 g/mol. The molecular formula is C22H32N4O2. The first kappa shape index (κ1) is 20.5. The van der Waals surface area contributed by atoms with Crippen molar-refractivity contribution < 1.29 is 4.79 Å². The third kappa shape index (κ3) is 5.19. The fraction of sp³-hybridized carbons (Fsp3) is 0.591. The number of nitrogens with one attached hydrogen (secondary N) is 1. The summed E-state index contributed by atoms with van der Waals surface area (Å²) >= 11 is 0. The van der Waals surface area contributed by atoms with Gasteiger partial charge in [0.2, 0.25) is 0 Å². The molecule has 0 radical (unpaired) electrons. The van der Waals surface area contributed by atoms with Crippen LogP contribution in [0.4, 0.5) is 0 Å². The molecule has 6 nitrogen and oxygen atoms in total. The number of likely N-dealkylation sites (tertiary alicyclic amines) is 1. The van der Waals surface area contributed by atoms with E-state index in [1.165, 1.54) is 37.0 Å². The predicted molar refractivity (Wildman–Crippen MR) is 113 cm³/mol. The zero-order valence-electron chi connectivity index (χ0n) is 17.0. The number of aromatic nitrogens is 2. The van der Waals surface area contributed by atoms with Crippen LogP contribution in [0.2, 0.25) is 0 Å². The van der Waals surface area contributed by atoms with Crippen molar-refractivity contribution in [3.63, 3.8) is 0 Å². The van der Waals surface area contributed by atoms with Crippen LogP contribution in [-0.2, 0) is 6.54 Å². The largest absolute Gasteiger partial charge is 0.351 e. The van der Waals surface area contributed by atoms with Crippen LogP contribution in [-0.4, -0.2) is 46.8 Å². The second kappa shape index (κ2) is 10.4. The molecule has 2 heterocycles. The Hall–Kier alpha value is -2.21. The molecule has 1 aromatic carbocycles. The quantitative estimate of drug-likeness (QED) is 0.674. The smallest absolute Gasteiger partial charge is 0.274 e. The van der Waals surface area contributed by atoms with Crippen molar-refractivity contribution in [1.82, 2.24) is 20.0 Å². The summed E-state index contributed by atoms with van der Waals surface area (Å²) < 4.78 is 1.46. The lowest BCUT2D eigenvalue weighted by Crippen LogP contribution is -2.34. The minimum atomic E-state index is -0.195. The van der Waals surface area contributed by atoms with Crippen LogP contribution in [0.3, 0.4) is 0 Å². The van der Waals surface area contributed by atoms with E-state index in [2.05, 4.69) is 22.2 Å². The minimum absolute atomic E-state index is 0.117. The average molecular weight is 385 g/mol. The van der Waals surface area contributed by atoms with Gasteiger partial charge in [-0.2, -0.15) is 5.10 Å². The maximum Gasteiger partial charge on any atom is 0.274 e. The van der Waals surface area contributed by atoms with Gasteiger partial charge in [0.25, 0.3) is 11.5 Å². The van der Waals surface area contributed by atoms with Crippen LogP contribution in [0.5, 0.6) is 0 Å². The molecule has 1 aromatic heterocycles. The predicted octanol–water partition coefficient (Wildman–Crippen LogP) is 3.19. The van der Waals surface area contributed by atoms with E-state index in [9.17, 15) is 9.59 Å². The Balaban J connectivity index is 1.68. The van der Waals surface area contributed by atoms with E-state index < -0.39 is 0 Å². The van der Waals surface area contributed by atoms with Crippen LogP contribution in [0, 0.1) is 0 Å². The van der Waals surface area contributed by atoms with Crippen molar-refractivity contribution in [3.05, 3.63) is 40.3 Å². The maximum absolute atomic E-state index is 12.8. The topological polar surface area (TPSA) is 67.2 Å². The number of aryl methyl sites for hydroxylation is 1. The SMILES string of the molecule is CCCCCn1nc(C(=O)NCCCN2CCCCC2)c2ccccc2c1=O. The molecule has 2 aromatic rings. The molecule has 1 fully saturated rings. The van der Waals surface area contributed by atoms with Crippen LogP contribution in [0.1, 0.15) is 62.4 Å². The number of hydrogen-bond acceptors (Lipinski definition) is 4. The van der Waals surface area contributed by atoms with Gasteiger partial charge in [-0.05, 0) is 51.4 Å². The Kier molecular flexibility index (Phi) is 7.60. The zero-order valence-corrected chi connectivity index (χ0v) is 17.0. The van der Waals surface area contributed by atoms with Gasteiger partial charge in [0.1, 0.15) is 0 Å². The van der Waals surface area contributed by atoms with Gasteiger partial charge in [0.15, 0.2) is 5.69 Å². The number of fused-ring (bicyclic) bond motifs is 1. The number of nitrogens with zero attached hydrogens (tertiary/aromatic N) is 3. The molecule has 0 spiro atoms. The van der Waals surface area contributed by atoms with E-state index in [1.807, 2.05) is 18.2 Å².